The highest BCUT2D eigenvalue weighted by molar-refractivity contribution is 14.1. The van der Waals surface area contributed by atoms with E-state index in [4.69, 9.17) is 11.5 Å². The molecule has 1 aromatic rings. The lowest BCUT2D eigenvalue weighted by molar-refractivity contribution is 0.626. The van der Waals surface area contributed by atoms with Crippen molar-refractivity contribution >= 4 is 33.9 Å². The van der Waals surface area contributed by atoms with Crippen molar-refractivity contribution < 1.29 is 0 Å². The summed E-state index contributed by atoms with van der Waals surface area (Å²) in [4.78, 5) is 1.27. The summed E-state index contributed by atoms with van der Waals surface area (Å²) in [5.41, 5.74) is 11.4. The second-order valence-corrected chi connectivity index (χ2v) is 4.89. The van der Waals surface area contributed by atoms with E-state index in [-0.39, 0.29) is 6.04 Å². The van der Waals surface area contributed by atoms with Crippen molar-refractivity contribution in [2.45, 2.75) is 18.9 Å². The molecule has 0 fully saturated rings. The van der Waals surface area contributed by atoms with Gasteiger partial charge in [-0.05, 0) is 48.0 Å². The van der Waals surface area contributed by atoms with Crippen LogP contribution in [0.5, 0.6) is 0 Å². The molecule has 0 aliphatic heterocycles. The molecule has 0 spiro atoms. The molecule has 1 aromatic heterocycles. The summed E-state index contributed by atoms with van der Waals surface area (Å²) >= 11 is 4.04. The SMILES string of the molecule is NCCCC(N)c1cc(I)cs1. The van der Waals surface area contributed by atoms with Crippen molar-refractivity contribution in [1.29, 1.82) is 0 Å². The zero-order valence-corrected chi connectivity index (χ0v) is 9.77. The molecular weight excluding hydrogens is 283 g/mol. The first-order valence-electron chi connectivity index (χ1n) is 3.93. The van der Waals surface area contributed by atoms with Crippen LogP contribution in [0.2, 0.25) is 0 Å². The van der Waals surface area contributed by atoms with Gasteiger partial charge in [-0.2, -0.15) is 0 Å². The molecule has 4 heteroatoms. The predicted molar refractivity (Wildman–Crippen MR) is 62.3 cm³/mol. The number of hydrogen-bond donors (Lipinski definition) is 2. The minimum atomic E-state index is 0.182. The Balaban J connectivity index is 2.47. The third-order valence-electron chi connectivity index (χ3n) is 1.67. The van der Waals surface area contributed by atoms with Crippen molar-refractivity contribution in [2.24, 2.45) is 11.5 Å². The molecule has 1 unspecified atom stereocenters. The van der Waals surface area contributed by atoms with Crippen molar-refractivity contribution in [2.75, 3.05) is 6.54 Å². The smallest absolute Gasteiger partial charge is 0.0390 e. The van der Waals surface area contributed by atoms with Gasteiger partial charge in [0.05, 0.1) is 0 Å². The van der Waals surface area contributed by atoms with Crippen molar-refractivity contribution in [1.82, 2.24) is 0 Å². The fourth-order valence-electron chi connectivity index (χ4n) is 1.00. The van der Waals surface area contributed by atoms with Crippen LogP contribution in [0.3, 0.4) is 0 Å². The molecule has 0 bridgehead atoms. The van der Waals surface area contributed by atoms with Crippen LogP contribution in [-0.2, 0) is 0 Å². The molecule has 0 saturated carbocycles. The Morgan fingerprint density at radius 2 is 2.33 bits per heavy atom. The maximum Gasteiger partial charge on any atom is 0.0390 e. The Labute approximate surface area is 90.5 Å². The van der Waals surface area contributed by atoms with E-state index in [9.17, 15) is 0 Å². The Bertz CT molecular complexity index is 237. The molecule has 12 heavy (non-hydrogen) atoms. The first-order chi connectivity index (χ1) is 5.74. The topological polar surface area (TPSA) is 52.0 Å². The Kier molecular flexibility index (Phi) is 4.49. The molecular formula is C8H13IN2S. The summed E-state index contributed by atoms with van der Waals surface area (Å²) in [6.07, 6.45) is 2.00. The van der Waals surface area contributed by atoms with Crippen LogP contribution in [0.4, 0.5) is 0 Å². The molecule has 1 atom stereocenters. The van der Waals surface area contributed by atoms with Crippen LogP contribution in [0.1, 0.15) is 23.8 Å². The highest BCUT2D eigenvalue weighted by atomic mass is 127. The molecule has 0 aliphatic rings. The summed E-state index contributed by atoms with van der Waals surface area (Å²) < 4.78 is 1.27. The van der Waals surface area contributed by atoms with Crippen LogP contribution >= 0.6 is 33.9 Å². The van der Waals surface area contributed by atoms with Crippen LogP contribution < -0.4 is 11.5 Å². The van der Waals surface area contributed by atoms with Gasteiger partial charge in [0.25, 0.3) is 0 Å². The third-order valence-corrected chi connectivity index (χ3v) is 3.78. The lowest BCUT2D eigenvalue weighted by Gasteiger charge is -2.07. The van der Waals surface area contributed by atoms with Crippen molar-refractivity contribution in [3.63, 3.8) is 0 Å². The third kappa shape index (κ3) is 3.01. The van der Waals surface area contributed by atoms with E-state index in [1.165, 1.54) is 8.45 Å². The zero-order valence-electron chi connectivity index (χ0n) is 6.79. The minimum absolute atomic E-state index is 0.182. The van der Waals surface area contributed by atoms with Crippen LogP contribution in [0.15, 0.2) is 11.4 Å². The highest BCUT2D eigenvalue weighted by Gasteiger charge is 2.06. The average Bonchev–Trinajstić information content (AvgIpc) is 2.47. The van der Waals surface area contributed by atoms with E-state index in [0.29, 0.717) is 0 Å². The maximum atomic E-state index is 5.95. The van der Waals surface area contributed by atoms with Crippen molar-refractivity contribution in [3.8, 4) is 0 Å². The molecule has 0 aromatic carbocycles. The summed E-state index contributed by atoms with van der Waals surface area (Å²) in [6, 6.07) is 2.33. The molecule has 1 heterocycles. The van der Waals surface area contributed by atoms with Crippen LogP contribution in [-0.4, -0.2) is 6.54 Å². The van der Waals surface area contributed by atoms with Gasteiger partial charge in [0.2, 0.25) is 0 Å². The average molecular weight is 296 g/mol. The van der Waals surface area contributed by atoms with Gasteiger partial charge in [0, 0.05) is 19.9 Å². The largest absolute Gasteiger partial charge is 0.330 e. The van der Waals surface area contributed by atoms with Gasteiger partial charge in [-0.25, -0.2) is 0 Å². The van der Waals surface area contributed by atoms with E-state index in [2.05, 4.69) is 34.0 Å². The van der Waals surface area contributed by atoms with Gasteiger partial charge < -0.3 is 11.5 Å². The molecule has 68 valence electrons. The van der Waals surface area contributed by atoms with E-state index < -0.39 is 0 Å². The number of hydrogen-bond acceptors (Lipinski definition) is 3. The fourth-order valence-corrected chi connectivity index (χ4v) is 2.74. The van der Waals surface area contributed by atoms with E-state index in [0.717, 1.165) is 19.4 Å². The number of thiophene rings is 1. The molecule has 2 nitrogen and oxygen atoms in total. The standard InChI is InChI=1S/C8H13IN2S/c9-6-4-8(12-5-6)7(11)2-1-3-10/h4-5,7H,1-3,10-11H2. The quantitative estimate of drug-likeness (QED) is 0.836. The molecule has 0 radical (unpaired) electrons. The van der Waals surface area contributed by atoms with Gasteiger partial charge in [0.15, 0.2) is 0 Å². The van der Waals surface area contributed by atoms with Gasteiger partial charge in [-0.15, -0.1) is 11.3 Å². The second kappa shape index (κ2) is 5.16. The van der Waals surface area contributed by atoms with Gasteiger partial charge >= 0.3 is 0 Å². The summed E-state index contributed by atoms with van der Waals surface area (Å²) in [5.74, 6) is 0. The maximum absolute atomic E-state index is 5.95. The molecule has 4 N–H and O–H groups in total. The summed E-state index contributed by atoms with van der Waals surface area (Å²) in [6.45, 7) is 0.732. The van der Waals surface area contributed by atoms with Crippen LogP contribution in [0, 0.1) is 3.57 Å². The second-order valence-electron chi connectivity index (χ2n) is 2.70. The van der Waals surface area contributed by atoms with E-state index in [1.807, 2.05) is 0 Å². The predicted octanol–water partition coefficient (Wildman–Crippen LogP) is 2.09. The summed E-state index contributed by atoms with van der Waals surface area (Å²) in [5, 5.41) is 2.12. The van der Waals surface area contributed by atoms with E-state index in [1.54, 1.807) is 11.3 Å². The molecule has 1 rings (SSSR count). The number of nitrogens with two attached hydrogens (primary N) is 2. The molecule has 0 saturated heterocycles. The normalized spacial score (nSPS) is 13.2. The number of halogens is 1. The van der Waals surface area contributed by atoms with Gasteiger partial charge in [0.1, 0.15) is 0 Å². The fraction of sp³-hybridized carbons (Fsp3) is 0.500. The Morgan fingerprint density at radius 3 is 2.83 bits per heavy atom. The van der Waals surface area contributed by atoms with Crippen LogP contribution in [0.25, 0.3) is 0 Å². The Morgan fingerprint density at radius 1 is 1.58 bits per heavy atom. The lowest BCUT2D eigenvalue weighted by atomic mass is 10.1. The zero-order chi connectivity index (χ0) is 8.97. The lowest BCUT2D eigenvalue weighted by Crippen LogP contribution is -2.10. The van der Waals surface area contributed by atoms with E-state index >= 15 is 0 Å². The number of rotatable bonds is 4. The summed E-state index contributed by atoms with van der Waals surface area (Å²) in [7, 11) is 0. The monoisotopic (exact) mass is 296 g/mol. The first-order valence-corrected chi connectivity index (χ1v) is 5.89. The van der Waals surface area contributed by atoms with Gasteiger partial charge in [-0.1, -0.05) is 0 Å². The molecule has 0 aliphatic carbocycles. The van der Waals surface area contributed by atoms with Crippen molar-refractivity contribution in [3.05, 3.63) is 19.9 Å². The minimum Gasteiger partial charge on any atom is -0.330 e. The van der Waals surface area contributed by atoms with Gasteiger partial charge in [-0.3, -0.25) is 0 Å². The molecule has 0 amide bonds. The highest BCUT2D eigenvalue weighted by Crippen LogP contribution is 2.24. The Hall–Kier alpha value is 0.350. The first kappa shape index (κ1) is 10.4.